The Morgan fingerprint density at radius 2 is 0.487 bits per heavy atom. The largest absolute Gasteiger partial charge is 0.394 e. The molecule has 476 valence electrons. The molecule has 0 aliphatic carbocycles. The fourth-order valence-electron chi connectivity index (χ4n) is 12.3. The molecule has 0 fully saturated rings. The zero-order chi connectivity index (χ0) is 57.6. The molecular formula is C76H149NO3. The predicted molar refractivity (Wildman–Crippen MR) is 359 cm³/mol. The van der Waals surface area contributed by atoms with E-state index in [0.29, 0.717) is 6.42 Å². The van der Waals surface area contributed by atoms with Crippen molar-refractivity contribution in [1.82, 2.24) is 5.32 Å². The zero-order valence-electron chi connectivity index (χ0n) is 55.1. The highest BCUT2D eigenvalue weighted by Gasteiger charge is 2.18. The van der Waals surface area contributed by atoms with E-state index in [9.17, 15) is 15.0 Å². The van der Waals surface area contributed by atoms with Crippen molar-refractivity contribution >= 4 is 5.91 Å². The van der Waals surface area contributed by atoms with Gasteiger partial charge in [0, 0.05) is 6.42 Å². The number of nitrogens with one attached hydrogen (secondary N) is 1. The van der Waals surface area contributed by atoms with E-state index in [1.54, 1.807) is 6.08 Å². The van der Waals surface area contributed by atoms with Gasteiger partial charge in [-0.25, -0.2) is 0 Å². The highest BCUT2D eigenvalue weighted by atomic mass is 16.3. The maximum absolute atomic E-state index is 12.5. The van der Waals surface area contributed by atoms with Crippen LogP contribution in [0.5, 0.6) is 0 Å². The molecule has 0 aliphatic rings. The van der Waals surface area contributed by atoms with Crippen molar-refractivity contribution in [3.8, 4) is 0 Å². The van der Waals surface area contributed by atoms with E-state index in [1.807, 2.05) is 6.08 Å². The summed E-state index contributed by atoms with van der Waals surface area (Å²) in [5.74, 6) is -0.0633. The van der Waals surface area contributed by atoms with Crippen molar-refractivity contribution in [1.29, 1.82) is 0 Å². The fraction of sp³-hybridized carbons (Fsp3) is 0.934. The fourth-order valence-corrected chi connectivity index (χ4v) is 12.3. The minimum absolute atomic E-state index is 0.0633. The van der Waals surface area contributed by atoms with Crippen LogP contribution in [0.1, 0.15) is 438 Å². The average Bonchev–Trinajstić information content (AvgIpc) is 3.46. The van der Waals surface area contributed by atoms with E-state index in [0.717, 1.165) is 32.1 Å². The molecule has 3 N–H and O–H groups in total. The van der Waals surface area contributed by atoms with Crippen LogP contribution in [0, 0.1) is 0 Å². The first-order valence-electron chi connectivity index (χ1n) is 37.6. The number of carbonyl (C=O) groups is 1. The van der Waals surface area contributed by atoms with Crippen molar-refractivity contribution in [2.45, 2.75) is 450 Å². The van der Waals surface area contributed by atoms with Crippen molar-refractivity contribution in [2.24, 2.45) is 0 Å². The van der Waals surface area contributed by atoms with Crippen LogP contribution in [0.4, 0.5) is 0 Å². The summed E-state index contributed by atoms with van der Waals surface area (Å²) in [6, 6.07) is -0.638. The van der Waals surface area contributed by atoms with Crippen molar-refractivity contribution in [3.63, 3.8) is 0 Å². The summed E-state index contributed by atoms with van der Waals surface area (Å²) in [5, 5.41) is 23.3. The molecule has 2 unspecified atom stereocenters. The number of unbranched alkanes of at least 4 members (excludes halogenated alkanes) is 62. The summed E-state index contributed by atoms with van der Waals surface area (Å²) in [7, 11) is 0. The van der Waals surface area contributed by atoms with E-state index < -0.39 is 12.1 Å². The molecule has 0 saturated heterocycles. The van der Waals surface area contributed by atoms with Crippen LogP contribution in [-0.4, -0.2) is 34.9 Å². The number of allylic oxidation sites excluding steroid dienone is 3. The van der Waals surface area contributed by atoms with Gasteiger partial charge >= 0.3 is 0 Å². The molecule has 0 spiro atoms. The normalized spacial score (nSPS) is 12.7. The van der Waals surface area contributed by atoms with Gasteiger partial charge in [-0.15, -0.1) is 0 Å². The van der Waals surface area contributed by atoms with Gasteiger partial charge in [-0.2, -0.15) is 0 Å². The number of rotatable bonds is 71. The molecule has 0 aromatic heterocycles. The lowest BCUT2D eigenvalue weighted by atomic mass is 10.0. The van der Waals surface area contributed by atoms with Gasteiger partial charge < -0.3 is 15.5 Å². The number of aliphatic hydroxyl groups is 2. The Kier molecular flexibility index (Phi) is 71.1. The van der Waals surface area contributed by atoms with E-state index in [-0.39, 0.29) is 12.5 Å². The molecule has 4 heteroatoms. The molecule has 0 radical (unpaired) electrons. The topological polar surface area (TPSA) is 69.6 Å². The third kappa shape index (κ3) is 67.7. The molecule has 0 saturated carbocycles. The van der Waals surface area contributed by atoms with Crippen LogP contribution in [0.25, 0.3) is 0 Å². The van der Waals surface area contributed by atoms with Gasteiger partial charge in [0.05, 0.1) is 18.8 Å². The first-order chi connectivity index (χ1) is 39.7. The Balaban J connectivity index is 3.40. The summed E-state index contributed by atoms with van der Waals surface area (Å²) in [4.78, 5) is 12.5. The third-order valence-corrected chi connectivity index (χ3v) is 17.9. The highest BCUT2D eigenvalue weighted by Crippen LogP contribution is 2.20. The molecule has 1 amide bonds. The molecule has 0 aromatic rings. The van der Waals surface area contributed by atoms with Gasteiger partial charge in [0.1, 0.15) is 0 Å². The lowest BCUT2D eigenvalue weighted by molar-refractivity contribution is -0.123. The SMILES string of the molecule is CCCCCCCCCCCCCCCCCCCCCCCCCCC/C=C/CC/C=C/C(O)C(CO)NC(=O)CCCCCCCCCCCCCCCCCCCCCCCCCCCCCCCCCCCCCCC. The number of hydrogen-bond acceptors (Lipinski definition) is 3. The second-order valence-corrected chi connectivity index (χ2v) is 26.1. The van der Waals surface area contributed by atoms with E-state index in [4.69, 9.17) is 0 Å². The second-order valence-electron chi connectivity index (χ2n) is 26.1. The van der Waals surface area contributed by atoms with Crippen LogP contribution < -0.4 is 5.32 Å². The Bertz CT molecular complexity index is 1180. The summed E-state index contributed by atoms with van der Waals surface area (Å²) in [6.45, 7) is 4.36. The lowest BCUT2D eigenvalue weighted by Gasteiger charge is -2.19. The van der Waals surface area contributed by atoms with Crippen LogP contribution in [0.3, 0.4) is 0 Å². The number of hydrogen-bond donors (Lipinski definition) is 3. The Hall–Kier alpha value is -1.13. The molecule has 4 nitrogen and oxygen atoms in total. The summed E-state index contributed by atoms with van der Waals surface area (Å²) < 4.78 is 0. The van der Waals surface area contributed by atoms with E-state index in [2.05, 4.69) is 31.3 Å². The van der Waals surface area contributed by atoms with Crippen LogP contribution >= 0.6 is 0 Å². The molecule has 2 atom stereocenters. The molecule has 0 aromatic carbocycles. The van der Waals surface area contributed by atoms with Gasteiger partial charge in [-0.05, 0) is 32.1 Å². The van der Waals surface area contributed by atoms with Crippen molar-refractivity contribution in [3.05, 3.63) is 24.3 Å². The number of amides is 1. The molecule has 0 bridgehead atoms. The molecule has 0 heterocycles. The number of aliphatic hydroxyl groups excluding tert-OH is 2. The van der Waals surface area contributed by atoms with Gasteiger partial charge in [0.15, 0.2) is 0 Å². The minimum atomic E-state index is -0.862. The van der Waals surface area contributed by atoms with Crippen LogP contribution in [0.2, 0.25) is 0 Å². The summed E-state index contributed by atoms with van der Waals surface area (Å²) in [5.41, 5.74) is 0. The van der Waals surface area contributed by atoms with Gasteiger partial charge in [0.2, 0.25) is 5.91 Å². The van der Waals surface area contributed by atoms with Crippen LogP contribution in [-0.2, 0) is 4.79 Å². The smallest absolute Gasteiger partial charge is 0.220 e. The Labute approximate surface area is 504 Å². The monoisotopic (exact) mass is 1120 g/mol. The second kappa shape index (κ2) is 72.1. The van der Waals surface area contributed by atoms with Crippen molar-refractivity contribution < 1.29 is 15.0 Å². The zero-order valence-corrected chi connectivity index (χ0v) is 55.1. The number of carbonyl (C=O) groups excluding carboxylic acids is 1. The van der Waals surface area contributed by atoms with Gasteiger partial charge in [-0.1, -0.05) is 423 Å². The maximum Gasteiger partial charge on any atom is 0.220 e. The minimum Gasteiger partial charge on any atom is -0.394 e. The third-order valence-electron chi connectivity index (χ3n) is 17.9. The average molecular weight is 1130 g/mol. The lowest BCUT2D eigenvalue weighted by Crippen LogP contribution is -2.45. The molecular weight excluding hydrogens is 975 g/mol. The van der Waals surface area contributed by atoms with Crippen molar-refractivity contribution in [2.75, 3.05) is 6.61 Å². The molecule has 0 rings (SSSR count). The van der Waals surface area contributed by atoms with Crippen LogP contribution in [0.15, 0.2) is 24.3 Å². The standard InChI is InChI=1S/C76H149NO3/c1-3-5-7-9-11-13-15-17-19-21-23-25-27-29-31-33-35-36-37-38-39-40-42-44-46-48-50-52-54-56-58-60-62-64-66-68-70-72-76(80)77-74(73-78)75(79)71-69-67-65-63-61-59-57-55-53-51-49-47-45-43-41-34-32-30-28-26-24-22-20-18-16-14-12-10-8-6-4-2/h61,63,69,71,74-75,78-79H,3-60,62,64-68,70,72-73H2,1-2H3,(H,77,80)/b63-61+,71-69+. The molecule has 0 aliphatic heterocycles. The highest BCUT2D eigenvalue weighted by molar-refractivity contribution is 5.76. The Morgan fingerprint density at radius 1 is 0.287 bits per heavy atom. The first-order valence-corrected chi connectivity index (χ1v) is 37.6. The first kappa shape index (κ1) is 78.9. The maximum atomic E-state index is 12.5. The predicted octanol–water partition coefficient (Wildman–Crippen LogP) is 25.7. The Morgan fingerprint density at radius 3 is 0.725 bits per heavy atom. The van der Waals surface area contributed by atoms with Gasteiger partial charge in [-0.3, -0.25) is 4.79 Å². The van der Waals surface area contributed by atoms with E-state index >= 15 is 0 Å². The summed E-state index contributed by atoms with van der Waals surface area (Å²) in [6.07, 6.45) is 98.8. The van der Waals surface area contributed by atoms with E-state index in [1.165, 1.54) is 385 Å². The van der Waals surface area contributed by atoms with Gasteiger partial charge in [0.25, 0.3) is 0 Å². The molecule has 80 heavy (non-hydrogen) atoms. The summed E-state index contributed by atoms with van der Waals surface area (Å²) >= 11 is 0. The quantitative estimate of drug-likeness (QED) is 0.0420.